The van der Waals surface area contributed by atoms with Crippen molar-refractivity contribution in [3.8, 4) is 0 Å². The second-order valence-electron chi connectivity index (χ2n) is 5.80. The summed E-state index contributed by atoms with van der Waals surface area (Å²) >= 11 is 0. The van der Waals surface area contributed by atoms with Gasteiger partial charge in [0.1, 0.15) is 0 Å². The van der Waals surface area contributed by atoms with Crippen molar-refractivity contribution in [1.29, 1.82) is 0 Å². The minimum absolute atomic E-state index is 0.00659. The van der Waals surface area contributed by atoms with Crippen molar-refractivity contribution in [2.75, 3.05) is 45.8 Å². The van der Waals surface area contributed by atoms with Gasteiger partial charge in [0, 0.05) is 38.8 Å². The summed E-state index contributed by atoms with van der Waals surface area (Å²) in [6.07, 6.45) is 2.60. The van der Waals surface area contributed by atoms with Crippen molar-refractivity contribution in [3.63, 3.8) is 0 Å². The minimum Gasteiger partial charge on any atom is -0.353 e. The maximum Gasteiger partial charge on any atom is 0.237 e. The molecule has 2 heterocycles. The molecule has 2 aliphatic rings. The molecule has 2 fully saturated rings. The Labute approximate surface area is 116 Å². The fourth-order valence-electron chi connectivity index (χ4n) is 2.94. The number of rotatable bonds is 5. The van der Waals surface area contributed by atoms with Crippen LogP contribution in [0.15, 0.2) is 0 Å². The molecule has 2 unspecified atom stereocenters. The van der Waals surface area contributed by atoms with E-state index >= 15 is 0 Å². The van der Waals surface area contributed by atoms with Gasteiger partial charge in [-0.1, -0.05) is 0 Å². The number of carbonyl (C=O) groups excluding carboxylic acids is 1. The number of nitrogens with zero attached hydrogens (tertiary/aromatic N) is 2. The predicted molar refractivity (Wildman–Crippen MR) is 77.2 cm³/mol. The normalized spacial score (nSPS) is 25.2. The smallest absolute Gasteiger partial charge is 0.237 e. The topological polar surface area (TPSA) is 47.6 Å². The van der Waals surface area contributed by atoms with Crippen LogP contribution in [0.1, 0.15) is 26.7 Å². The SMILES string of the molecule is CC(CNC(=O)C(C)N1CCNCC1)N1CCCC1. The van der Waals surface area contributed by atoms with Crippen molar-refractivity contribution in [2.45, 2.75) is 38.8 Å². The summed E-state index contributed by atoms with van der Waals surface area (Å²) < 4.78 is 0. The number of piperazine rings is 1. The molecule has 5 heteroatoms. The van der Waals surface area contributed by atoms with Gasteiger partial charge in [-0.15, -0.1) is 0 Å². The molecule has 0 aromatic rings. The van der Waals surface area contributed by atoms with Gasteiger partial charge in [0.25, 0.3) is 0 Å². The van der Waals surface area contributed by atoms with Crippen LogP contribution in [0.3, 0.4) is 0 Å². The van der Waals surface area contributed by atoms with E-state index in [2.05, 4.69) is 27.4 Å². The molecular weight excluding hydrogens is 240 g/mol. The lowest BCUT2D eigenvalue weighted by Gasteiger charge is -2.32. The molecule has 5 nitrogen and oxygen atoms in total. The summed E-state index contributed by atoms with van der Waals surface area (Å²) in [5.74, 6) is 0.174. The van der Waals surface area contributed by atoms with E-state index in [4.69, 9.17) is 0 Å². The number of amides is 1. The molecule has 2 rings (SSSR count). The molecular formula is C14H28N4O. The Balaban J connectivity index is 1.70. The summed E-state index contributed by atoms with van der Waals surface area (Å²) in [5, 5.41) is 6.43. The number of carbonyl (C=O) groups is 1. The van der Waals surface area contributed by atoms with Crippen molar-refractivity contribution < 1.29 is 4.79 Å². The number of likely N-dealkylation sites (tertiary alicyclic amines) is 1. The highest BCUT2D eigenvalue weighted by atomic mass is 16.2. The first-order chi connectivity index (χ1) is 9.18. The lowest BCUT2D eigenvalue weighted by molar-refractivity contribution is -0.126. The second kappa shape index (κ2) is 7.22. The van der Waals surface area contributed by atoms with Crippen LogP contribution in [0.2, 0.25) is 0 Å². The first-order valence-electron chi connectivity index (χ1n) is 7.65. The minimum atomic E-state index is -0.00659. The van der Waals surface area contributed by atoms with E-state index in [0.717, 1.165) is 32.7 Å². The van der Waals surface area contributed by atoms with Gasteiger partial charge in [-0.25, -0.2) is 0 Å². The lowest BCUT2D eigenvalue weighted by Crippen LogP contribution is -2.53. The van der Waals surface area contributed by atoms with Gasteiger partial charge in [0.2, 0.25) is 5.91 Å². The first kappa shape index (κ1) is 14.8. The maximum atomic E-state index is 12.2. The van der Waals surface area contributed by atoms with Crippen LogP contribution in [-0.2, 0) is 4.79 Å². The molecule has 0 saturated carbocycles. The molecule has 110 valence electrons. The molecule has 0 aromatic heterocycles. The average Bonchev–Trinajstić information content (AvgIpc) is 2.98. The second-order valence-corrected chi connectivity index (χ2v) is 5.80. The first-order valence-corrected chi connectivity index (χ1v) is 7.65. The molecule has 0 aromatic carbocycles. The van der Waals surface area contributed by atoms with E-state index in [1.54, 1.807) is 0 Å². The van der Waals surface area contributed by atoms with E-state index in [1.165, 1.54) is 25.9 Å². The highest BCUT2D eigenvalue weighted by Crippen LogP contribution is 2.10. The maximum absolute atomic E-state index is 12.2. The van der Waals surface area contributed by atoms with Crippen LogP contribution < -0.4 is 10.6 Å². The zero-order valence-electron chi connectivity index (χ0n) is 12.3. The van der Waals surface area contributed by atoms with Gasteiger partial charge in [0.15, 0.2) is 0 Å². The van der Waals surface area contributed by atoms with Gasteiger partial charge < -0.3 is 10.6 Å². The van der Waals surface area contributed by atoms with Crippen LogP contribution >= 0.6 is 0 Å². The van der Waals surface area contributed by atoms with Crippen molar-refractivity contribution in [1.82, 2.24) is 20.4 Å². The Morgan fingerprint density at radius 2 is 1.74 bits per heavy atom. The Morgan fingerprint density at radius 3 is 2.37 bits per heavy atom. The van der Waals surface area contributed by atoms with Crippen molar-refractivity contribution >= 4 is 5.91 Å². The summed E-state index contributed by atoms with van der Waals surface area (Å²) in [4.78, 5) is 16.9. The molecule has 2 saturated heterocycles. The highest BCUT2D eigenvalue weighted by Gasteiger charge is 2.24. The lowest BCUT2D eigenvalue weighted by atomic mass is 10.2. The van der Waals surface area contributed by atoms with Crippen LogP contribution in [0.5, 0.6) is 0 Å². The van der Waals surface area contributed by atoms with E-state index in [1.807, 2.05) is 6.92 Å². The van der Waals surface area contributed by atoms with Crippen LogP contribution in [0.4, 0.5) is 0 Å². The van der Waals surface area contributed by atoms with Crippen LogP contribution in [0.25, 0.3) is 0 Å². The van der Waals surface area contributed by atoms with Gasteiger partial charge in [-0.3, -0.25) is 14.6 Å². The number of hydrogen-bond acceptors (Lipinski definition) is 4. The monoisotopic (exact) mass is 268 g/mol. The Kier molecular flexibility index (Phi) is 5.60. The fourth-order valence-corrected chi connectivity index (χ4v) is 2.94. The van der Waals surface area contributed by atoms with Crippen LogP contribution in [-0.4, -0.2) is 73.6 Å². The van der Waals surface area contributed by atoms with Gasteiger partial charge >= 0.3 is 0 Å². The third kappa shape index (κ3) is 4.16. The van der Waals surface area contributed by atoms with Crippen molar-refractivity contribution in [2.24, 2.45) is 0 Å². The predicted octanol–water partition coefficient (Wildman–Crippen LogP) is -0.119. The van der Waals surface area contributed by atoms with E-state index < -0.39 is 0 Å². The molecule has 0 bridgehead atoms. The van der Waals surface area contributed by atoms with E-state index in [-0.39, 0.29) is 11.9 Å². The Morgan fingerprint density at radius 1 is 1.11 bits per heavy atom. The van der Waals surface area contributed by atoms with Gasteiger partial charge in [-0.2, -0.15) is 0 Å². The molecule has 19 heavy (non-hydrogen) atoms. The standard InChI is InChI=1S/C14H28N4O/c1-12(17-7-3-4-8-17)11-16-14(19)13(2)18-9-5-15-6-10-18/h12-13,15H,3-11H2,1-2H3,(H,16,19). The zero-order chi connectivity index (χ0) is 13.7. The van der Waals surface area contributed by atoms with E-state index in [0.29, 0.717) is 6.04 Å². The fraction of sp³-hybridized carbons (Fsp3) is 0.929. The van der Waals surface area contributed by atoms with E-state index in [9.17, 15) is 4.79 Å². The molecule has 0 aliphatic carbocycles. The summed E-state index contributed by atoms with van der Waals surface area (Å²) in [5.41, 5.74) is 0. The summed E-state index contributed by atoms with van der Waals surface area (Å²) in [6.45, 7) is 11.3. The largest absolute Gasteiger partial charge is 0.353 e. The third-order valence-corrected chi connectivity index (χ3v) is 4.41. The van der Waals surface area contributed by atoms with Crippen LogP contribution in [0, 0.1) is 0 Å². The Hall–Kier alpha value is -0.650. The number of hydrogen-bond donors (Lipinski definition) is 2. The third-order valence-electron chi connectivity index (χ3n) is 4.41. The number of nitrogens with one attached hydrogen (secondary N) is 2. The molecule has 2 aliphatic heterocycles. The quantitative estimate of drug-likeness (QED) is 0.730. The average molecular weight is 268 g/mol. The molecule has 0 spiro atoms. The van der Waals surface area contributed by atoms with Gasteiger partial charge in [0.05, 0.1) is 6.04 Å². The molecule has 2 N–H and O–H groups in total. The van der Waals surface area contributed by atoms with Gasteiger partial charge in [-0.05, 0) is 39.8 Å². The highest BCUT2D eigenvalue weighted by molar-refractivity contribution is 5.81. The molecule has 0 radical (unpaired) electrons. The molecule has 2 atom stereocenters. The summed E-state index contributed by atoms with van der Waals surface area (Å²) in [7, 11) is 0. The zero-order valence-corrected chi connectivity index (χ0v) is 12.3. The Bertz CT molecular complexity index is 285. The molecule has 1 amide bonds. The summed E-state index contributed by atoms with van der Waals surface area (Å²) in [6, 6.07) is 0.453. The van der Waals surface area contributed by atoms with Crippen molar-refractivity contribution in [3.05, 3.63) is 0 Å².